The summed E-state index contributed by atoms with van der Waals surface area (Å²) in [5, 5.41) is 3.70. The molecule has 19 heavy (non-hydrogen) atoms. The largest absolute Gasteiger partial charge is 0.312 e. The monoisotopic (exact) mass is 266 g/mol. The Bertz CT molecular complexity index is 294. The van der Waals surface area contributed by atoms with Crippen LogP contribution in [0.1, 0.15) is 60.8 Å². The second-order valence-electron chi connectivity index (χ2n) is 8.29. The number of hydrogen-bond donors (Lipinski definition) is 1. The topological polar surface area (TPSA) is 15.3 Å². The van der Waals surface area contributed by atoms with Crippen molar-refractivity contribution in [2.45, 2.75) is 78.4 Å². The van der Waals surface area contributed by atoms with E-state index in [1.54, 1.807) is 0 Å². The van der Waals surface area contributed by atoms with Gasteiger partial charge in [-0.15, -0.1) is 0 Å². The van der Waals surface area contributed by atoms with E-state index in [1.807, 2.05) is 0 Å². The molecule has 0 amide bonds. The maximum atomic E-state index is 3.70. The van der Waals surface area contributed by atoms with Crippen LogP contribution < -0.4 is 5.32 Å². The van der Waals surface area contributed by atoms with Gasteiger partial charge >= 0.3 is 0 Å². The van der Waals surface area contributed by atoms with E-state index in [9.17, 15) is 0 Å². The summed E-state index contributed by atoms with van der Waals surface area (Å²) in [6.07, 6.45) is 4.25. The molecule has 5 unspecified atom stereocenters. The Morgan fingerprint density at radius 3 is 2.32 bits per heavy atom. The molecule has 0 aromatic heterocycles. The first-order valence-corrected chi connectivity index (χ1v) is 8.28. The first-order valence-electron chi connectivity index (χ1n) is 8.28. The molecule has 0 aromatic rings. The van der Waals surface area contributed by atoms with Crippen LogP contribution in [-0.2, 0) is 0 Å². The van der Waals surface area contributed by atoms with E-state index in [4.69, 9.17) is 0 Å². The Balaban J connectivity index is 1.90. The maximum Gasteiger partial charge on any atom is 0.0139 e. The van der Waals surface area contributed by atoms with Crippen LogP contribution in [0.15, 0.2) is 0 Å². The molecule has 0 spiro atoms. The second-order valence-corrected chi connectivity index (χ2v) is 8.29. The van der Waals surface area contributed by atoms with Crippen molar-refractivity contribution in [2.24, 2.45) is 17.8 Å². The lowest BCUT2D eigenvalue weighted by molar-refractivity contribution is -0.0249. The Morgan fingerprint density at radius 2 is 1.79 bits per heavy atom. The van der Waals surface area contributed by atoms with Gasteiger partial charge in [0.2, 0.25) is 0 Å². The average Bonchev–Trinajstić information content (AvgIpc) is 2.22. The third-order valence-electron chi connectivity index (χ3n) is 5.34. The summed E-state index contributed by atoms with van der Waals surface area (Å²) in [5.41, 5.74) is 0.258. The summed E-state index contributed by atoms with van der Waals surface area (Å²) in [4.78, 5) is 2.83. The number of nitrogens with zero attached hydrogens (tertiary/aromatic N) is 1. The van der Waals surface area contributed by atoms with Crippen molar-refractivity contribution in [2.75, 3.05) is 13.1 Å². The molecule has 112 valence electrons. The summed E-state index contributed by atoms with van der Waals surface area (Å²) in [6, 6.07) is 1.62. The zero-order valence-corrected chi connectivity index (χ0v) is 13.9. The van der Waals surface area contributed by atoms with Gasteiger partial charge < -0.3 is 5.32 Å². The molecule has 2 heteroatoms. The molecule has 1 saturated heterocycles. The van der Waals surface area contributed by atoms with Crippen molar-refractivity contribution < 1.29 is 0 Å². The lowest BCUT2D eigenvalue weighted by Gasteiger charge is -2.52. The SMILES string of the molecule is CC1CC(C)C(C)N(C2CCC2CNC(C)(C)C)C1. The minimum atomic E-state index is 0.258. The highest BCUT2D eigenvalue weighted by Gasteiger charge is 2.41. The molecule has 2 nitrogen and oxygen atoms in total. The quantitative estimate of drug-likeness (QED) is 0.841. The van der Waals surface area contributed by atoms with Gasteiger partial charge in [-0.25, -0.2) is 0 Å². The molecule has 1 saturated carbocycles. The van der Waals surface area contributed by atoms with Crippen LogP contribution >= 0.6 is 0 Å². The summed E-state index contributed by atoms with van der Waals surface area (Å²) in [7, 11) is 0. The summed E-state index contributed by atoms with van der Waals surface area (Å²) in [6.45, 7) is 16.6. The Labute approximate surface area is 120 Å². The van der Waals surface area contributed by atoms with Gasteiger partial charge in [0.25, 0.3) is 0 Å². The third kappa shape index (κ3) is 3.72. The van der Waals surface area contributed by atoms with Gasteiger partial charge in [-0.2, -0.15) is 0 Å². The molecule has 1 N–H and O–H groups in total. The first kappa shape index (κ1) is 15.3. The number of likely N-dealkylation sites (tertiary alicyclic amines) is 1. The van der Waals surface area contributed by atoms with Gasteiger partial charge in [-0.05, 0) is 71.3 Å². The third-order valence-corrected chi connectivity index (χ3v) is 5.34. The van der Waals surface area contributed by atoms with Gasteiger partial charge in [-0.3, -0.25) is 4.90 Å². The van der Waals surface area contributed by atoms with Gasteiger partial charge in [0.15, 0.2) is 0 Å². The fraction of sp³-hybridized carbons (Fsp3) is 1.00. The Kier molecular flexibility index (Phi) is 4.62. The molecule has 1 aliphatic carbocycles. The van der Waals surface area contributed by atoms with Crippen LogP contribution in [0.3, 0.4) is 0 Å². The van der Waals surface area contributed by atoms with Crippen LogP contribution in [0.4, 0.5) is 0 Å². The van der Waals surface area contributed by atoms with Gasteiger partial charge in [0, 0.05) is 24.2 Å². The highest BCUT2D eigenvalue weighted by Crippen LogP contribution is 2.38. The van der Waals surface area contributed by atoms with Gasteiger partial charge in [0.1, 0.15) is 0 Å². The first-order chi connectivity index (χ1) is 8.78. The standard InChI is InChI=1S/C17H34N2/c1-12-9-13(2)14(3)19(11-12)16-8-7-15(16)10-18-17(4,5)6/h12-16,18H,7-11H2,1-6H3. The number of piperidine rings is 1. The van der Waals surface area contributed by atoms with Gasteiger partial charge in [0.05, 0.1) is 0 Å². The van der Waals surface area contributed by atoms with Crippen LogP contribution in [-0.4, -0.2) is 35.6 Å². The van der Waals surface area contributed by atoms with E-state index < -0.39 is 0 Å². The van der Waals surface area contributed by atoms with E-state index in [-0.39, 0.29) is 5.54 Å². The summed E-state index contributed by atoms with van der Waals surface area (Å²) < 4.78 is 0. The van der Waals surface area contributed by atoms with E-state index in [0.29, 0.717) is 0 Å². The molecule has 1 aliphatic heterocycles. The van der Waals surface area contributed by atoms with E-state index in [0.717, 1.165) is 29.8 Å². The molecule has 0 aromatic carbocycles. The Hall–Kier alpha value is -0.0800. The molecule has 0 bridgehead atoms. The number of rotatable bonds is 3. The molecule has 1 heterocycles. The zero-order valence-electron chi connectivity index (χ0n) is 13.9. The van der Waals surface area contributed by atoms with Crippen molar-refractivity contribution in [3.8, 4) is 0 Å². The average molecular weight is 266 g/mol. The van der Waals surface area contributed by atoms with Crippen molar-refractivity contribution in [1.82, 2.24) is 10.2 Å². The highest BCUT2D eigenvalue weighted by atomic mass is 15.2. The zero-order chi connectivity index (χ0) is 14.2. The predicted octanol–water partition coefficient (Wildman–Crippen LogP) is 3.52. The van der Waals surface area contributed by atoms with Crippen LogP contribution in [0.5, 0.6) is 0 Å². The molecular weight excluding hydrogens is 232 g/mol. The second kappa shape index (κ2) is 5.73. The number of hydrogen-bond acceptors (Lipinski definition) is 2. The van der Waals surface area contributed by atoms with Crippen molar-refractivity contribution in [3.63, 3.8) is 0 Å². The molecule has 0 radical (unpaired) electrons. The minimum absolute atomic E-state index is 0.258. The lowest BCUT2D eigenvalue weighted by Crippen LogP contribution is -2.59. The van der Waals surface area contributed by atoms with Crippen LogP contribution in [0, 0.1) is 17.8 Å². The lowest BCUT2D eigenvalue weighted by atomic mass is 9.74. The molecule has 2 rings (SSSR count). The number of nitrogens with one attached hydrogen (secondary N) is 1. The smallest absolute Gasteiger partial charge is 0.0139 e. The molecule has 2 aliphatic rings. The maximum absolute atomic E-state index is 3.70. The van der Waals surface area contributed by atoms with Crippen molar-refractivity contribution >= 4 is 0 Å². The fourth-order valence-corrected chi connectivity index (χ4v) is 3.86. The van der Waals surface area contributed by atoms with Crippen LogP contribution in [0.2, 0.25) is 0 Å². The van der Waals surface area contributed by atoms with E-state index in [2.05, 4.69) is 51.8 Å². The van der Waals surface area contributed by atoms with E-state index >= 15 is 0 Å². The normalized spacial score (nSPS) is 41.1. The summed E-state index contributed by atoms with van der Waals surface area (Å²) >= 11 is 0. The van der Waals surface area contributed by atoms with Crippen LogP contribution in [0.25, 0.3) is 0 Å². The molecular formula is C17H34N2. The highest BCUT2D eigenvalue weighted by molar-refractivity contribution is 4.96. The van der Waals surface area contributed by atoms with Gasteiger partial charge in [-0.1, -0.05) is 13.8 Å². The Morgan fingerprint density at radius 1 is 1.11 bits per heavy atom. The van der Waals surface area contributed by atoms with E-state index in [1.165, 1.54) is 32.4 Å². The minimum Gasteiger partial charge on any atom is -0.312 e. The van der Waals surface area contributed by atoms with Crippen molar-refractivity contribution in [1.29, 1.82) is 0 Å². The fourth-order valence-electron chi connectivity index (χ4n) is 3.86. The molecule has 5 atom stereocenters. The predicted molar refractivity (Wildman–Crippen MR) is 83.4 cm³/mol. The summed E-state index contributed by atoms with van der Waals surface area (Å²) in [5.74, 6) is 2.61. The molecule has 2 fully saturated rings. The van der Waals surface area contributed by atoms with Crippen molar-refractivity contribution in [3.05, 3.63) is 0 Å².